The molecule has 18 heavy (non-hydrogen) atoms. The van der Waals surface area contributed by atoms with Crippen molar-refractivity contribution in [2.45, 2.75) is 77.5 Å². The van der Waals surface area contributed by atoms with E-state index >= 15 is 0 Å². The van der Waals surface area contributed by atoms with Crippen LogP contribution in [0.5, 0.6) is 0 Å². The van der Waals surface area contributed by atoms with Crippen molar-refractivity contribution in [3.63, 3.8) is 0 Å². The normalized spacial score (nSPS) is 27.2. The van der Waals surface area contributed by atoms with Crippen molar-refractivity contribution in [2.75, 3.05) is 13.2 Å². The number of aliphatic hydroxyl groups is 1. The molecule has 0 bridgehead atoms. The Hall–Kier alpha value is -0.120. The molecule has 1 aliphatic rings. The summed E-state index contributed by atoms with van der Waals surface area (Å²) in [5.74, 6) is 0.787. The molecule has 0 amide bonds. The van der Waals surface area contributed by atoms with E-state index in [0.29, 0.717) is 19.2 Å². The van der Waals surface area contributed by atoms with Gasteiger partial charge in [0, 0.05) is 12.6 Å². The Morgan fingerprint density at radius 1 is 1.28 bits per heavy atom. The van der Waals surface area contributed by atoms with Crippen LogP contribution in [0.4, 0.5) is 0 Å². The fraction of sp³-hybridized carbons (Fsp3) is 1.00. The quantitative estimate of drug-likeness (QED) is 0.769. The van der Waals surface area contributed by atoms with Gasteiger partial charge >= 0.3 is 0 Å². The molecule has 1 fully saturated rings. The molecule has 0 aromatic rings. The molecular weight excluding hydrogens is 226 g/mol. The van der Waals surface area contributed by atoms with Gasteiger partial charge in [0.25, 0.3) is 0 Å². The summed E-state index contributed by atoms with van der Waals surface area (Å²) >= 11 is 0. The van der Waals surface area contributed by atoms with Crippen molar-refractivity contribution in [1.82, 2.24) is 5.32 Å². The minimum Gasteiger partial charge on any atom is -0.389 e. The third-order valence-corrected chi connectivity index (χ3v) is 3.76. The van der Waals surface area contributed by atoms with E-state index < -0.39 is 6.10 Å². The van der Waals surface area contributed by atoms with Gasteiger partial charge in [0.1, 0.15) is 0 Å². The Kier molecular flexibility index (Phi) is 6.61. The molecular formula is C15H31NO2. The van der Waals surface area contributed by atoms with Crippen LogP contribution in [0.3, 0.4) is 0 Å². The monoisotopic (exact) mass is 257 g/mol. The molecule has 0 aromatic carbocycles. The van der Waals surface area contributed by atoms with Crippen LogP contribution < -0.4 is 5.32 Å². The Labute approximate surface area is 112 Å². The maximum absolute atomic E-state index is 9.91. The van der Waals surface area contributed by atoms with Crippen LogP contribution in [-0.2, 0) is 4.74 Å². The molecule has 108 valence electrons. The smallest absolute Gasteiger partial charge is 0.0898 e. The van der Waals surface area contributed by atoms with E-state index in [1.54, 1.807) is 0 Å². The first kappa shape index (κ1) is 15.9. The minimum absolute atomic E-state index is 0.169. The van der Waals surface area contributed by atoms with Crippen LogP contribution in [0.2, 0.25) is 0 Å². The molecule has 3 nitrogen and oxygen atoms in total. The SMILES string of the molecule is CCC1CCCCC1NCC(O)COC(C)(C)C. The number of aliphatic hydroxyl groups excluding tert-OH is 1. The van der Waals surface area contributed by atoms with Crippen LogP contribution >= 0.6 is 0 Å². The highest BCUT2D eigenvalue weighted by Gasteiger charge is 2.23. The first-order valence-electron chi connectivity index (χ1n) is 7.47. The van der Waals surface area contributed by atoms with Crippen molar-refractivity contribution in [1.29, 1.82) is 0 Å². The highest BCUT2D eigenvalue weighted by molar-refractivity contribution is 4.81. The van der Waals surface area contributed by atoms with Gasteiger partial charge in [-0.3, -0.25) is 0 Å². The van der Waals surface area contributed by atoms with Crippen LogP contribution in [-0.4, -0.2) is 36.0 Å². The molecule has 1 aliphatic carbocycles. The van der Waals surface area contributed by atoms with Crippen molar-refractivity contribution < 1.29 is 9.84 Å². The predicted molar refractivity (Wildman–Crippen MR) is 75.8 cm³/mol. The number of rotatable bonds is 6. The fourth-order valence-electron chi connectivity index (χ4n) is 2.66. The summed E-state index contributed by atoms with van der Waals surface area (Å²) in [6, 6.07) is 0.591. The molecule has 0 saturated heterocycles. The summed E-state index contributed by atoms with van der Waals surface area (Å²) in [6.45, 7) is 9.38. The van der Waals surface area contributed by atoms with Gasteiger partial charge in [0.05, 0.1) is 18.3 Å². The lowest BCUT2D eigenvalue weighted by molar-refractivity contribution is -0.0489. The first-order chi connectivity index (χ1) is 8.42. The lowest BCUT2D eigenvalue weighted by atomic mass is 9.83. The zero-order valence-corrected chi connectivity index (χ0v) is 12.5. The molecule has 0 aliphatic heterocycles. The van der Waals surface area contributed by atoms with E-state index in [-0.39, 0.29) is 5.60 Å². The summed E-state index contributed by atoms with van der Waals surface area (Å²) in [7, 11) is 0. The highest BCUT2D eigenvalue weighted by Crippen LogP contribution is 2.26. The summed E-state index contributed by atoms with van der Waals surface area (Å²) in [5.41, 5.74) is -0.169. The second kappa shape index (κ2) is 7.46. The molecule has 0 radical (unpaired) electrons. The van der Waals surface area contributed by atoms with Gasteiger partial charge in [-0.15, -0.1) is 0 Å². The third-order valence-electron chi connectivity index (χ3n) is 3.76. The van der Waals surface area contributed by atoms with Crippen molar-refractivity contribution in [2.24, 2.45) is 5.92 Å². The van der Waals surface area contributed by atoms with Gasteiger partial charge in [-0.05, 0) is 39.5 Å². The maximum Gasteiger partial charge on any atom is 0.0898 e. The largest absolute Gasteiger partial charge is 0.389 e. The van der Waals surface area contributed by atoms with Crippen LogP contribution in [0, 0.1) is 5.92 Å². The Balaban J connectivity index is 2.22. The van der Waals surface area contributed by atoms with Crippen LogP contribution in [0.1, 0.15) is 59.8 Å². The van der Waals surface area contributed by atoms with Gasteiger partial charge in [0.15, 0.2) is 0 Å². The van der Waals surface area contributed by atoms with Gasteiger partial charge in [-0.2, -0.15) is 0 Å². The van der Waals surface area contributed by atoms with E-state index in [9.17, 15) is 5.11 Å². The van der Waals surface area contributed by atoms with E-state index in [2.05, 4.69) is 12.2 Å². The number of hydrogen-bond donors (Lipinski definition) is 2. The van der Waals surface area contributed by atoms with E-state index in [0.717, 1.165) is 5.92 Å². The molecule has 1 saturated carbocycles. The molecule has 3 unspecified atom stereocenters. The van der Waals surface area contributed by atoms with E-state index in [1.165, 1.54) is 32.1 Å². The van der Waals surface area contributed by atoms with Gasteiger partial charge < -0.3 is 15.2 Å². The van der Waals surface area contributed by atoms with Crippen molar-refractivity contribution >= 4 is 0 Å². The summed E-state index contributed by atoms with van der Waals surface area (Å²) in [5, 5.41) is 13.4. The average Bonchev–Trinajstić information content (AvgIpc) is 2.33. The average molecular weight is 257 g/mol. The minimum atomic E-state index is -0.399. The fourth-order valence-corrected chi connectivity index (χ4v) is 2.66. The number of nitrogens with one attached hydrogen (secondary N) is 1. The van der Waals surface area contributed by atoms with Crippen molar-refractivity contribution in [3.05, 3.63) is 0 Å². The topological polar surface area (TPSA) is 41.5 Å². The summed E-state index contributed by atoms with van der Waals surface area (Å²) in [6.07, 6.45) is 6.12. The summed E-state index contributed by atoms with van der Waals surface area (Å²) < 4.78 is 5.59. The number of hydrogen-bond acceptors (Lipinski definition) is 3. The molecule has 0 aromatic heterocycles. The maximum atomic E-state index is 9.91. The lowest BCUT2D eigenvalue weighted by Crippen LogP contribution is -2.43. The van der Waals surface area contributed by atoms with Gasteiger partial charge in [-0.1, -0.05) is 26.2 Å². The van der Waals surface area contributed by atoms with Crippen LogP contribution in [0.15, 0.2) is 0 Å². The third kappa shape index (κ3) is 6.17. The Morgan fingerprint density at radius 3 is 2.56 bits per heavy atom. The molecule has 2 N–H and O–H groups in total. The highest BCUT2D eigenvalue weighted by atomic mass is 16.5. The summed E-state index contributed by atoms with van der Waals surface area (Å²) in [4.78, 5) is 0. The van der Waals surface area contributed by atoms with Gasteiger partial charge in [0.2, 0.25) is 0 Å². The predicted octanol–water partition coefficient (Wildman–Crippen LogP) is 2.72. The van der Waals surface area contributed by atoms with Crippen molar-refractivity contribution in [3.8, 4) is 0 Å². The standard InChI is InChI=1S/C15H31NO2/c1-5-12-8-6-7-9-14(12)16-10-13(17)11-18-15(2,3)4/h12-14,16-17H,5-11H2,1-4H3. The first-order valence-corrected chi connectivity index (χ1v) is 7.47. The Morgan fingerprint density at radius 2 is 1.94 bits per heavy atom. The molecule has 3 atom stereocenters. The van der Waals surface area contributed by atoms with E-state index in [1.807, 2.05) is 20.8 Å². The lowest BCUT2D eigenvalue weighted by Gasteiger charge is -2.32. The van der Waals surface area contributed by atoms with E-state index in [4.69, 9.17) is 4.74 Å². The molecule has 3 heteroatoms. The Bertz CT molecular complexity index is 225. The van der Waals surface area contributed by atoms with Gasteiger partial charge in [-0.25, -0.2) is 0 Å². The van der Waals surface area contributed by atoms with Crippen LogP contribution in [0.25, 0.3) is 0 Å². The zero-order chi connectivity index (χ0) is 13.6. The molecule has 1 rings (SSSR count). The second-order valence-electron chi connectivity index (χ2n) is 6.54. The second-order valence-corrected chi connectivity index (χ2v) is 6.54. The zero-order valence-electron chi connectivity index (χ0n) is 12.5. The molecule has 0 heterocycles. The number of ether oxygens (including phenoxy) is 1. The molecule has 0 spiro atoms.